The molecule has 1 atom stereocenters. The number of alkyl carbamates (subject to hydrolysis) is 1. The Morgan fingerprint density at radius 1 is 0.867 bits per heavy atom. The number of rotatable bonds is 18. The van der Waals surface area contributed by atoms with E-state index in [1.165, 1.54) is 28.6 Å². The van der Waals surface area contributed by atoms with Crippen LogP contribution in [0, 0.1) is 5.92 Å². The molecule has 45 heavy (non-hydrogen) atoms. The molecule has 0 unspecified atom stereocenters. The quantitative estimate of drug-likeness (QED) is 0.123. The molecule has 0 spiro atoms. The summed E-state index contributed by atoms with van der Waals surface area (Å²) in [5, 5.41) is 5.30. The van der Waals surface area contributed by atoms with Crippen molar-refractivity contribution < 1.29 is 45.6 Å². The molecule has 15 heteroatoms. The van der Waals surface area contributed by atoms with E-state index in [9.17, 15) is 22.6 Å². The number of unbranched alkanes of at least 4 members (excludes halogenated alkanes) is 1. The average molecular weight is 680 g/mol. The van der Waals surface area contributed by atoms with Gasteiger partial charge in [-0.05, 0) is 98.4 Å². The summed E-state index contributed by atoms with van der Waals surface area (Å²) in [5.41, 5.74) is -0.954. The van der Waals surface area contributed by atoms with Crippen molar-refractivity contribution in [3.8, 4) is 0 Å². The predicted molar refractivity (Wildman–Crippen MR) is 174 cm³/mol. The molecule has 0 bridgehead atoms. The van der Waals surface area contributed by atoms with E-state index in [2.05, 4.69) is 10.6 Å². The number of ether oxygens (including phenoxy) is 2. The van der Waals surface area contributed by atoms with Crippen LogP contribution in [0.2, 0.25) is 0 Å². The molecule has 13 nitrogen and oxygen atoms in total. The largest absolute Gasteiger partial charge is 0.474 e. The SMILES string of the molecule is CCOP(=O)(OCC)OC[C@H](CCCCNC(=O)OC(C)(C)C)N(CC(C)C)S(=O)(=O)c1ccc(NC(=O)OC(C)(C)C)cc1. The molecular weight excluding hydrogens is 625 g/mol. The molecule has 0 fully saturated rings. The molecule has 0 aliphatic heterocycles. The van der Waals surface area contributed by atoms with E-state index in [0.717, 1.165) is 0 Å². The Bertz CT molecular complexity index is 1200. The van der Waals surface area contributed by atoms with Crippen LogP contribution >= 0.6 is 7.82 Å². The molecule has 0 saturated carbocycles. The summed E-state index contributed by atoms with van der Waals surface area (Å²) >= 11 is 0. The first-order valence-corrected chi connectivity index (χ1v) is 18.2. The van der Waals surface area contributed by atoms with Crippen molar-refractivity contribution in [2.75, 3.05) is 38.2 Å². The van der Waals surface area contributed by atoms with Gasteiger partial charge in [-0.25, -0.2) is 22.6 Å². The second kappa shape index (κ2) is 18.2. The van der Waals surface area contributed by atoms with Gasteiger partial charge in [0.25, 0.3) is 0 Å². The lowest BCUT2D eigenvalue weighted by Gasteiger charge is -2.33. The number of hydrogen-bond acceptors (Lipinski definition) is 10. The van der Waals surface area contributed by atoms with Gasteiger partial charge in [-0.15, -0.1) is 0 Å². The number of anilines is 1. The van der Waals surface area contributed by atoms with Gasteiger partial charge in [0.2, 0.25) is 10.0 Å². The average Bonchev–Trinajstić information content (AvgIpc) is 2.87. The van der Waals surface area contributed by atoms with Gasteiger partial charge >= 0.3 is 20.0 Å². The lowest BCUT2D eigenvalue weighted by atomic mass is 10.1. The Kier molecular flexibility index (Phi) is 16.5. The Hall–Kier alpha value is -2.22. The minimum atomic E-state index is -4.09. The van der Waals surface area contributed by atoms with Gasteiger partial charge in [0.15, 0.2) is 0 Å². The van der Waals surface area contributed by atoms with E-state index in [4.69, 9.17) is 23.0 Å². The Labute approximate surface area is 269 Å². The first kappa shape index (κ1) is 40.8. The standard InChI is InChI=1S/C30H54N3O10PS/c1-11-39-44(36,40-12-2)41-22-25(15-13-14-20-31-27(34)42-29(5,6)7)33(21-23(3)4)45(37,38)26-18-16-24(17-19-26)32-28(35)43-30(8,9)10/h16-19,23,25H,11-15,20-22H2,1-10H3,(H,31,34)(H,32,35)/t25-/m0/s1. The molecule has 1 aromatic carbocycles. The highest BCUT2D eigenvalue weighted by molar-refractivity contribution is 7.89. The smallest absolute Gasteiger partial charge is 0.444 e. The third kappa shape index (κ3) is 16.3. The van der Waals surface area contributed by atoms with E-state index >= 15 is 0 Å². The fourth-order valence-corrected chi connectivity index (χ4v) is 7.01. The number of amides is 2. The van der Waals surface area contributed by atoms with Crippen LogP contribution in [0.25, 0.3) is 0 Å². The van der Waals surface area contributed by atoms with Crippen molar-refractivity contribution in [3.63, 3.8) is 0 Å². The molecule has 0 heterocycles. The normalized spacial score (nSPS) is 13.5. The Morgan fingerprint density at radius 3 is 1.89 bits per heavy atom. The third-order valence-electron chi connectivity index (χ3n) is 5.69. The summed E-state index contributed by atoms with van der Waals surface area (Å²) in [4.78, 5) is 24.2. The summed E-state index contributed by atoms with van der Waals surface area (Å²) in [5.74, 6) is -0.0604. The molecule has 0 aromatic heterocycles. The van der Waals surface area contributed by atoms with Gasteiger partial charge < -0.3 is 14.8 Å². The highest BCUT2D eigenvalue weighted by Gasteiger charge is 2.35. The van der Waals surface area contributed by atoms with Gasteiger partial charge in [0, 0.05) is 24.8 Å². The van der Waals surface area contributed by atoms with Gasteiger partial charge in [-0.1, -0.05) is 20.3 Å². The second-order valence-electron chi connectivity index (χ2n) is 12.8. The first-order chi connectivity index (χ1) is 20.7. The minimum Gasteiger partial charge on any atom is -0.444 e. The summed E-state index contributed by atoms with van der Waals surface area (Å²) in [6, 6.07) is 5.03. The molecule has 2 amide bonds. The van der Waals surface area contributed by atoms with Gasteiger partial charge in [0.1, 0.15) is 11.2 Å². The maximum absolute atomic E-state index is 14.1. The molecule has 0 radical (unpaired) electrons. The molecule has 0 aliphatic rings. The van der Waals surface area contributed by atoms with Crippen molar-refractivity contribution in [2.24, 2.45) is 5.92 Å². The lowest BCUT2D eigenvalue weighted by molar-refractivity contribution is 0.0524. The van der Waals surface area contributed by atoms with Gasteiger partial charge in [-0.3, -0.25) is 18.9 Å². The maximum atomic E-state index is 14.1. The number of phosphoric acid groups is 1. The van der Waals surface area contributed by atoms with Crippen LogP contribution in [0.3, 0.4) is 0 Å². The number of hydrogen-bond donors (Lipinski definition) is 2. The second-order valence-corrected chi connectivity index (χ2v) is 16.3. The highest BCUT2D eigenvalue weighted by Crippen LogP contribution is 2.49. The van der Waals surface area contributed by atoms with E-state index in [1.807, 2.05) is 13.8 Å². The highest BCUT2D eigenvalue weighted by atomic mass is 32.2. The van der Waals surface area contributed by atoms with Crippen LogP contribution in [0.5, 0.6) is 0 Å². The predicted octanol–water partition coefficient (Wildman–Crippen LogP) is 6.94. The molecule has 0 saturated heterocycles. The van der Waals surface area contributed by atoms with E-state index < -0.39 is 47.3 Å². The monoisotopic (exact) mass is 679 g/mol. The fourth-order valence-electron chi connectivity index (χ4n) is 4.00. The lowest BCUT2D eigenvalue weighted by Crippen LogP contribution is -2.45. The van der Waals surface area contributed by atoms with Gasteiger partial charge in [0.05, 0.1) is 24.7 Å². The van der Waals surface area contributed by atoms with Crippen LogP contribution in [0.1, 0.15) is 88.5 Å². The molecule has 260 valence electrons. The van der Waals surface area contributed by atoms with Crippen LogP contribution in [-0.4, -0.2) is 75.1 Å². The van der Waals surface area contributed by atoms with Crippen molar-refractivity contribution >= 4 is 35.7 Å². The fraction of sp³-hybridized carbons (Fsp3) is 0.733. The van der Waals surface area contributed by atoms with Crippen LogP contribution in [0.4, 0.5) is 15.3 Å². The molecule has 1 aromatic rings. The zero-order valence-electron chi connectivity index (χ0n) is 28.5. The summed E-state index contributed by atoms with van der Waals surface area (Å²) in [6.45, 7) is 18.0. The van der Waals surface area contributed by atoms with Crippen LogP contribution in [-0.2, 0) is 37.6 Å². The van der Waals surface area contributed by atoms with Crippen LogP contribution in [0.15, 0.2) is 29.2 Å². The van der Waals surface area contributed by atoms with Crippen molar-refractivity contribution in [3.05, 3.63) is 24.3 Å². The van der Waals surface area contributed by atoms with Crippen molar-refractivity contribution in [1.82, 2.24) is 9.62 Å². The van der Waals surface area contributed by atoms with E-state index in [0.29, 0.717) is 31.5 Å². The first-order valence-electron chi connectivity index (χ1n) is 15.3. The molecule has 0 aliphatic carbocycles. The van der Waals surface area contributed by atoms with Gasteiger partial charge in [-0.2, -0.15) is 4.31 Å². The summed E-state index contributed by atoms with van der Waals surface area (Å²) in [6.07, 6.45) is 0.181. The number of carbonyl (C=O) groups is 2. The summed E-state index contributed by atoms with van der Waals surface area (Å²) in [7, 11) is -8.02. The van der Waals surface area contributed by atoms with Crippen LogP contribution < -0.4 is 10.6 Å². The van der Waals surface area contributed by atoms with Crippen molar-refractivity contribution in [2.45, 2.75) is 111 Å². The van der Waals surface area contributed by atoms with E-state index in [1.54, 1.807) is 55.4 Å². The number of phosphoric ester groups is 1. The van der Waals surface area contributed by atoms with Crippen molar-refractivity contribution in [1.29, 1.82) is 0 Å². The number of nitrogens with one attached hydrogen (secondary N) is 2. The number of carbonyl (C=O) groups excluding carboxylic acids is 2. The maximum Gasteiger partial charge on any atom is 0.474 e. The minimum absolute atomic E-state index is 0.00674. The van der Waals surface area contributed by atoms with E-state index in [-0.39, 0.29) is 37.2 Å². The Balaban J connectivity index is 3.24. The number of sulfonamides is 1. The molecule has 2 N–H and O–H groups in total. The topological polar surface area (TPSA) is 159 Å². The summed E-state index contributed by atoms with van der Waals surface area (Å²) < 4.78 is 69.4. The Morgan fingerprint density at radius 2 is 1.40 bits per heavy atom. The molecule has 1 rings (SSSR count). The third-order valence-corrected chi connectivity index (χ3v) is 9.24. The number of nitrogens with zero attached hydrogens (tertiary/aromatic N) is 1. The zero-order valence-corrected chi connectivity index (χ0v) is 30.2. The zero-order chi connectivity index (χ0) is 34.5. The molecular formula is C30H54N3O10PS. The number of benzene rings is 1.